The van der Waals surface area contributed by atoms with Crippen LogP contribution < -0.4 is 5.32 Å². The quantitative estimate of drug-likeness (QED) is 0.613. The van der Waals surface area contributed by atoms with Crippen LogP contribution in [-0.2, 0) is 0 Å². The molecule has 4 heteroatoms. The number of nitrogens with one attached hydrogen (secondary N) is 1. The summed E-state index contributed by atoms with van der Waals surface area (Å²) in [6.45, 7) is 5.50. The first-order chi connectivity index (χ1) is 6.76. The summed E-state index contributed by atoms with van der Waals surface area (Å²) in [5.41, 5.74) is 0. The third-order valence-corrected chi connectivity index (χ3v) is 2.57. The van der Waals surface area contributed by atoms with E-state index in [1.807, 2.05) is 0 Å². The van der Waals surface area contributed by atoms with Crippen LogP contribution in [0.5, 0.6) is 0 Å². The maximum atomic E-state index is 8.70. The Kier molecular flexibility index (Phi) is 4.88. The van der Waals surface area contributed by atoms with Crippen molar-refractivity contribution in [2.24, 2.45) is 5.92 Å². The van der Waals surface area contributed by atoms with Crippen LogP contribution in [0.3, 0.4) is 0 Å². The molecule has 80 valence electrons. The average Bonchev–Trinajstić information content (AvgIpc) is 2.14. The van der Waals surface area contributed by atoms with Crippen LogP contribution in [-0.4, -0.2) is 48.8 Å². The van der Waals surface area contributed by atoms with Gasteiger partial charge in [0.1, 0.15) is 0 Å². The van der Waals surface area contributed by atoms with Crippen molar-refractivity contribution in [1.29, 1.82) is 5.26 Å². The summed E-state index contributed by atoms with van der Waals surface area (Å²) in [7, 11) is 0. The second-order valence-corrected chi connectivity index (χ2v) is 4.07. The summed E-state index contributed by atoms with van der Waals surface area (Å²) < 4.78 is 0. The maximum Gasteiger partial charge on any atom is 0.0866 e. The SMILES string of the molecule is CC1CC(NCCO)CN(CC#N)C1. The first kappa shape index (κ1) is 11.4. The number of aliphatic hydroxyl groups is 1. The maximum absolute atomic E-state index is 8.70. The van der Waals surface area contributed by atoms with E-state index in [1.165, 1.54) is 0 Å². The predicted octanol–water partition coefficient (Wildman–Crippen LogP) is -0.198. The molecule has 1 heterocycles. The molecule has 0 aromatic rings. The fourth-order valence-corrected chi connectivity index (χ4v) is 2.11. The molecule has 0 bridgehead atoms. The van der Waals surface area contributed by atoms with Crippen LogP contribution in [0.2, 0.25) is 0 Å². The van der Waals surface area contributed by atoms with Crippen LogP contribution in [0.1, 0.15) is 13.3 Å². The van der Waals surface area contributed by atoms with Gasteiger partial charge in [-0.3, -0.25) is 4.90 Å². The number of nitriles is 1. The molecule has 4 nitrogen and oxygen atoms in total. The molecular formula is C10H19N3O. The summed E-state index contributed by atoms with van der Waals surface area (Å²) in [4.78, 5) is 2.17. The fraction of sp³-hybridized carbons (Fsp3) is 0.900. The summed E-state index contributed by atoms with van der Waals surface area (Å²) in [5, 5.41) is 20.6. The Bertz CT molecular complexity index is 202. The highest BCUT2D eigenvalue weighted by molar-refractivity contribution is 4.86. The molecule has 1 fully saturated rings. The molecular weight excluding hydrogens is 178 g/mol. The van der Waals surface area contributed by atoms with E-state index in [4.69, 9.17) is 10.4 Å². The zero-order valence-corrected chi connectivity index (χ0v) is 8.74. The summed E-state index contributed by atoms with van der Waals surface area (Å²) in [6, 6.07) is 2.61. The zero-order chi connectivity index (χ0) is 10.4. The summed E-state index contributed by atoms with van der Waals surface area (Å²) in [5.74, 6) is 0.633. The molecule has 2 N–H and O–H groups in total. The molecule has 0 aromatic carbocycles. The van der Waals surface area contributed by atoms with E-state index in [2.05, 4.69) is 23.2 Å². The topological polar surface area (TPSA) is 59.3 Å². The van der Waals surface area contributed by atoms with E-state index in [0.717, 1.165) is 19.5 Å². The minimum absolute atomic E-state index is 0.184. The average molecular weight is 197 g/mol. The lowest BCUT2D eigenvalue weighted by Gasteiger charge is -2.35. The number of hydrogen-bond acceptors (Lipinski definition) is 4. The highest BCUT2D eigenvalue weighted by atomic mass is 16.3. The van der Waals surface area contributed by atoms with Crippen molar-refractivity contribution in [2.75, 3.05) is 32.8 Å². The molecule has 0 amide bonds. The van der Waals surface area contributed by atoms with Gasteiger partial charge in [-0.15, -0.1) is 0 Å². The van der Waals surface area contributed by atoms with Crippen LogP contribution in [0.4, 0.5) is 0 Å². The molecule has 0 saturated carbocycles. The second kappa shape index (κ2) is 5.97. The van der Waals surface area contributed by atoms with Crippen LogP contribution in [0.25, 0.3) is 0 Å². The molecule has 2 atom stereocenters. The second-order valence-electron chi connectivity index (χ2n) is 4.07. The van der Waals surface area contributed by atoms with E-state index in [9.17, 15) is 0 Å². The normalized spacial score (nSPS) is 28.6. The van der Waals surface area contributed by atoms with E-state index < -0.39 is 0 Å². The Labute approximate surface area is 85.5 Å². The molecule has 1 aliphatic rings. The van der Waals surface area contributed by atoms with Gasteiger partial charge in [0.05, 0.1) is 19.2 Å². The Balaban J connectivity index is 2.34. The van der Waals surface area contributed by atoms with E-state index in [0.29, 0.717) is 25.0 Å². The van der Waals surface area contributed by atoms with Crippen molar-refractivity contribution in [2.45, 2.75) is 19.4 Å². The van der Waals surface area contributed by atoms with E-state index in [-0.39, 0.29) is 6.61 Å². The standard InChI is InChI=1S/C10H19N3O/c1-9-6-10(12-3-5-14)8-13(7-9)4-2-11/h9-10,12,14H,3-8H2,1H3. The van der Waals surface area contributed by atoms with Gasteiger partial charge in [0.25, 0.3) is 0 Å². The molecule has 14 heavy (non-hydrogen) atoms. The molecule has 0 aromatic heterocycles. The van der Waals surface area contributed by atoms with Crippen molar-refractivity contribution in [3.8, 4) is 6.07 Å². The molecule has 2 unspecified atom stereocenters. The first-order valence-corrected chi connectivity index (χ1v) is 5.19. The molecule has 0 aliphatic carbocycles. The minimum atomic E-state index is 0.184. The first-order valence-electron chi connectivity index (χ1n) is 5.19. The Morgan fingerprint density at radius 2 is 2.36 bits per heavy atom. The van der Waals surface area contributed by atoms with Gasteiger partial charge in [-0.05, 0) is 12.3 Å². The number of hydrogen-bond donors (Lipinski definition) is 2. The largest absolute Gasteiger partial charge is 0.395 e. The van der Waals surface area contributed by atoms with Crippen LogP contribution >= 0.6 is 0 Å². The lowest BCUT2D eigenvalue weighted by atomic mass is 9.96. The van der Waals surface area contributed by atoms with Gasteiger partial charge < -0.3 is 10.4 Å². The van der Waals surface area contributed by atoms with Gasteiger partial charge in [-0.2, -0.15) is 5.26 Å². The Hall–Kier alpha value is -0.630. The number of rotatable bonds is 4. The fourth-order valence-electron chi connectivity index (χ4n) is 2.11. The van der Waals surface area contributed by atoms with Gasteiger partial charge >= 0.3 is 0 Å². The molecule has 0 radical (unpaired) electrons. The van der Waals surface area contributed by atoms with Crippen LogP contribution in [0, 0.1) is 17.2 Å². The zero-order valence-electron chi connectivity index (χ0n) is 8.74. The van der Waals surface area contributed by atoms with Crippen LogP contribution in [0.15, 0.2) is 0 Å². The Morgan fingerprint density at radius 3 is 3.00 bits per heavy atom. The van der Waals surface area contributed by atoms with Gasteiger partial charge in [0.2, 0.25) is 0 Å². The summed E-state index contributed by atoms with van der Waals surface area (Å²) in [6.07, 6.45) is 1.14. The number of aliphatic hydroxyl groups excluding tert-OH is 1. The van der Waals surface area contributed by atoms with Crippen molar-refractivity contribution in [3.05, 3.63) is 0 Å². The Morgan fingerprint density at radius 1 is 1.57 bits per heavy atom. The van der Waals surface area contributed by atoms with Crippen molar-refractivity contribution in [3.63, 3.8) is 0 Å². The van der Waals surface area contributed by atoms with Crippen molar-refractivity contribution in [1.82, 2.24) is 10.2 Å². The van der Waals surface area contributed by atoms with Gasteiger partial charge in [0, 0.05) is 25.7 Å². The van der Waals surface area contributed by atoms with E-state index in [1.54, 1.807) is 0 Å². The molecule has 0 spiro atoms. The summed E-state index contributed by atoms with van der Waals surface area (Å²) >= 11 is 0. The predicted molar refractivity (Wildman–Crippen MR) is 54.7 cm³/mol. The lowest BCUT2D eigenvalue weighted by Crippen LogP contribution is -2.49. The molecule has 1 aliphatic heterocycles. The van der Waals surface area contributed by atoms with Gasteiger partial charge in [-0.25, -0.2) is 0 Å². The monoisotopic (exact) mass is 197 g/mol. The number of likely N-dealkylation sites (tertiary alicyclic amines) is 1. The highest BCUT2D eigenvalue weighted by Crippen LogP contribution is 2.15. The minimum Gasteiger partial charge on any atom is -0.395 e. The number of piperidine rings is 1. The third kappa shape index (κ3) is 3.62. The van der Waals surface area contributed by atoms with Gasteiger partial charge in [0.15, 0.2) is 0 Å². The smallest absolute Gasteiger partial charge is 0.0866 e. The van der Waals surface area contributed by atoms with E-state index >= 15 is 0 Å². The third-order valence-electron chi connectivity index (χ3n) is 2.57. The van der Waals surface area contributed by atoms with Crippen molar-refractivity contribution >= 4 is 0 Å². The molecule has 1 saturated heterocycles. The lowest BCUT2D eigenvalue weighted by molar-refractivity contribution is 0.159. The highest BCUT2D eigenvalue weighted by Gasteiger charge is 2.23. The van der Waals surface area contributed by atoms with Crippen molar-refractivity contribution < 1.29 is 5.11 Å². The number of nitrogens with zero attached hydrogens (tertiary/aromatic N) is 2. The molecule has 1 rings (SSSR count). The van der Waals surface area contributed by atoms with Gasteiger partial charge in [-0.1, -0.05) is 6.92 Å².